The van der Waals surface area contributed by atoms with Crippen LogP contribution in [0.15, 0.2) is 29.2 Å². The van der Waals surface area contributed by atoms with Gasteiger partial charge in [0.05, 0.1) is 11.5 Å². The van der Waals surface area contributed by atoms with E-state index in [1.807, 2.05) is 6.07 Å². The average molecular weight is 326 g/mol. The van der Waals surface area contributed by atoms with E-state index >= 15 is 0 Å². The van der Waals surface area contributed by atoms with E-state index in [1.165, 1.54) is 0 Å². The number of nitrogens with one attached hydrogen (secondary N) is 1. The third-order valence-corrected chi connectivity index (χ3v) is 5.41. The van der Waals surface area contributed by atoms with E-state index in [1.54, 1.807) is 36.9 Å². The van der Waals surface area contributed by atoms with Gasteiger partial charge in [-0.3, -0.25) is 0 Å². The Kier molecular flexibility index (Phi) is 5.42. The molecule has 1 amide bonds. The Morgan fingerprint density at radius 2 is 1.95 bits per heavy atom. The first-order valence-corrected chi connectivity index (χ1v) is 8.92. The first-order chi connectivity index (χ1) is 10.4. The molecule has 0 aliphatic carbocycles. The van der Waals surface area contributed by atoms with Crippen LogP contribution in [0.2, 0.25) is 0 Å². The lowest BCUT2D eigenvalue weighted by Gasteiger charge is -2.31. The fraction of sp³-hybridized carbons (Fsp3) is 0.533. The number of nitrogens with zero attached hydrogens (tertiary/aromatic N) is 1. The van der Waals surface area contributed by atoms with Gasteiger partial charge < -0.3 is 9.64 Å². The zero-order valence-corrected chi connectivity index (χ0v) is 13.7. The van der Waals surface area contributed by atoms with Crippen LogP contribution in [0.1, 0.15) is 25.3 Å². The van der Waals surface area contributed by atoms with Gasteiger partial charge in [-0.1, -0.05) is 18.2 Å². The van der Waals surface area contributed by atoms with Crippen LogP contribution in [0.25, 0.3) is 0 Å². The maximum absolute atomic E-state index is 12.4. The Morgan fingerprint density at radius 3 is 2.55 bits per heavy atom. The molecule has 1 aromatic rings. The standard InChI is InChI=1S/C15H22N2O4S/c1-3-21-15(18)17-10-8-13(9-11-17)16-22(19,20)14-7-5-4-6-12(14)2/h4-7,13,16H,3,8-11H2,1-2H3. The SMILES string of the molecule is CCOC(=O)N1CCC(NS(=O)(=O)c2ccccc2C)CC1. The number of hydrogen-bond donors (Lipinski definition) is 1. The summed E-state index contributed by atoms with van der Waals surface area (Å²) in [6, 6.07) is 6.75. The van der Waals surface area contributed by atoms with Crippen LogP contribution in [0.3, 0.4) is 0 Å². The summed E-state index contributed by atoms with van der Waals surface area (Å²) in [6.07, 6.45) is 0.844. The van der Waals surface area contributed by atoms with Crippen molar-refractivity contribution < 1.29 is 17.9 Å². The third kappa shape index (κ3) is 3.98. The summed E-state index contributed by atoms with van der Waals surface area (Å²) in [5.74, 6) is 0. The smallest absolute Gasteiger partial charge is 0.409 e. The van der Waals surface area contributed by atoms with Gasteiger partial charge in [0.2, 0.25) is 10.0 Å². The molecule has 0 saturated carbocycles. The molecule has 0 spiro atoms. The number of rotatable bonds is 4. The molecule has 6 nitrogen and oxygen atoms in total. The number of ether oxygens (including phenoxy) is 1. The molecule has 1 heterocycles. The summed E-state index contributed by atoms with van der Waals surface area (Å²) in [5, 5.41) is 0. The van der Waals surface area contributed by atoms with Gasteiger partial charge in [0.1, 0.15) is 0 Å². The molecule has 1 saturated heterocycles. The van der Waals surface area contributed by atoms with Gasteiger partial charge >= 0.3 is 6.09 Å². The van der Waals surface area contributed by atoms with Crippen LogP contribution in [0.5, 0.6) is 0 Å². The molecule has 0 bridgehead atoms. The van der Waals surface area contributed by atoms with Crippen molar-refractivity contribution in [3.63, 3.8) is 0 Å². The van der Waals surface area contributed by atoms with E-state index in [0.29, 0.717) is 37.4 Å². The van der Waals surface area contributed by atoms with Gasteiger partial charge in [-0.2, -0.15) is 0 Å². The monoisotopic (exact) mass is 326 g/mol. The molecule has 1 aliphatic heterocycles. The molecule has 0 atom stereocenters. The normalized spacial score (nSPS) is 16.5. The lowest BCUT2D eigenvalue weighted by molar-refractivity contribution is 0.0966. The molecule has 1 fully saturated rings. The van der Waals surface area contributed by atoms with Crippen LogP contribution in [0, 0.1) is 6.92 Å². The van der Waals surface area contributed by atoms with Crippen molar-refractivity contribution >= 4 is 16.1 Å². The molecule has 2 rings (SSSR count). The van der Waals surface area contributed by atoms with Crippen molar-refractivity contribution in [1.29, 1.82) is 0 Å². The number of benzene rings is 1. The Hall–Kier alpha value is -1.60. The molecule has 22 heavy (non-hydrogen) atoms. The molecule has 7 heteroatoms. The van der Waals surface area contributed by atoms with E-state index in [4.69, 9.17) is 4.74 Å². The van der Waals surface area contributed by atoms with Crippen molar-refractivity contribution in [1.82, 2.24) is 9.62 Å². The highest BCUT2D eigenvalue weighted by molar-refractivity contribution is 7.89. The molecule has 1 aromatic carbocycles. The summed E-state index contributed by atoms with van der Waals surface area (Å²) in [5.41, 5.74) is 0.721. The first-order valence-electron chi connectivity index (χ1n) is 7.43. The van der Waals surface area contributed by atoms with Crippen molar-refractivity contribution in [2.75, 3.05) is 19.7 Å². The summed E-state index contributed by atoms with van der Waals surface area (Å²) >= 11 is 0. The number of sulfonamides is 1. The maximum atomic E-state index is 12.4. The average Bonchev–Trinajstić information content (AvgIpc) is 2.48. The Bertz CT molecular complexity index is 622. The topological polar surface area (TPSA) is 75.7 Å². The van der Waals surface area contributed by atoms with Gasteiger partial charge in [0, 0.05) is 19.1 Å². The second-order valence-electron chi connectivity index (χ2n) is 5.35. The number of piperidine rings is 1. The van der Waals surface area contributed by atoms with Crippen LogP contribution in [-0.2, 0) is 14.8 Å². The van der Waals surface area contributed by atoms with Crippen LogP contribution in [0.4, 0.5) is 4.79 Å². The van der Waals surface area contributed by atoms with Gasteiger partial charge in [-0.15, -0.1) is 0 Å². The fourth-order valence-electron chi connectivity index (χ4n) is 2.54. The van der Waals surface area contributed by atoms with Crippen LogP contribution in [-0.4, -0.2) is 45.1 Å². The van der Waals surface area contributed by atoms with E-state index in [-0.39, 0.29) is 12.1 Å². The number of carbonyl (C=O) groups excluding carboxylic acids is 1. The first kappa shape index (κ1) is 16.8. The Balaban J connectivity index is 1.96. The minimum Gasteiger partial charge on any atom is -0.450 e. The molecule has 1 aliphatic rings. The van der Waals surface area contributed by atoms with Crippen molar-refractivity contribution in [2.24, 2.45) is 0 Å². The number of likely N-dealkylation sites (tertiary alicyclic amines) is 1. The lowest BCUT2D eigenvalue weighted by atomic mass is 10.1. The maximum Gasteiger partial charge on any atom is 0.409 e. The predicted octanol–water partition coefficient (Wildman–Crippen LogP) is 1.89. The quantitative estimate of drug-likeness (QED) is 0.917. The number of aryl methyl sites for hydroxylation is 1. The second kappa shape index (κ2) is 7.11. The summed E-state index contributed by atoms with van der Waals surface area (Å²) in [4.78, 5) is 13.5. The van der Waals surface area contributed by atoms with E-state index < -0.39 is 10.0 Å². The van der Waals surface area contributed by atoms with Crippen molar-refractivity contribution in [3.05, 3.63) is 29.8 Å². The summed E-state index contributed by atoms with van der Waals surface area (Å²) < 4.78 is 32.5. The number of carbonyl (C=O) groups is 1. The Labute approximate surface area is 131 Å². The van der Waals surface area contributed by atoms with E-state index in [0.717, 1.165) is 5.56 Å². The molecule has 0 radical (unpaired) electrons. The minimum atomic E-state index is -3.52. The number of hydrogen-bond acceptors (Lipinski definition) is 4. The molecule has 0 unspecified atom stereocenters. The molecular weight excluding hydrogens is 304 g/mol. The molecule has 122 valence electrons. The highest BCUT2D eigenvalue weighted by Gasteiger charge is 2.27. The Morgan fingerprint density at radius 1 is 1.32 bits per heavy atom. The van der Waals surface area contributed by atoms with E-state index in [9.17, 15) is 13.2 Å². The van der Waals surface area contributed by atoms with Gasteiger partial charge in [-0.05, 0) is 38.3 Å². The largest absolute Gasteiger partial charge is 0.450 e. The fourth-order valence-corrected chi connectivity index (χ4v) is 4.09. The van der Waals surface area contributed by atoms with Gasteiger partial charge in [0.15, 0.2) is 0 Å². The molecular formula is C15H22N2O4S. The second-order valence-corrected chi connectivity index (χ2v) is 7.03. The highest BCUT2D eigenvalue weighted by atomic mass is 32.2. The lowest BCUT2D eigenvalue weighted by Crippen LogP contribution is -2.46. The van der Waals surface area contributed by atoms with Gasteiger partial charge in [0.25, 0.3) is 0 Å². The molecule has 0 aromatic heterocycles. The predicted molar refractivity (Wildman–Crippen MR) is 83.1 cm³/mol. The zero-order valence-electron chi connectivity index (χ0n) is 12.9. The third-order valence-electron chi connectivity index (χ3n) is 3.73. The highest BCUT2D eigenvalue weighted by Crippen LogP contribution is 2.18. The van der Waals surface area contributed by atoms with Crippen molar-refractivity contribution in [2.45, 2.75) is 37.6 Å². The summed E-state index contributed by atoms with van der Waals surface area (Å²) in [7, 11) is -3.52. The zero-order chi connectivity index (χ0) is 16.2. The van der Waals surface area contributed by atoms with Crippen molar-refractivity contribution in [3.8, 4) is 0 Å². The van der Waals surface area contributed by atoms with E-state index in [2.05, 4.69) is 4.72 Å². The number of amides is 1. The minimum absolute atomic E-state index is 0.157. The van der Waals surface area contributed by atoms with Crippen LogP contribution < -0.4 is 4.72 Å². The summed E-state index contributed by atoms with van der Waals surface area (Å²) in [6.45, 7) is 4.89. The van der Waals surface area contributed by atoms with Crippen LogP contribution >= 0.6 is 0 Å². The van der Waals surface area contributed by atoms with Gasteiger partial charge in [-0.25, -0.2) is 17.9 Å². The molecule has 1 N–H and O–H groups in total.